The third kappa shape index (κ3) is 11.0. The van der Waals surface area contributed by atoms with Gasteiger partial charge < -0.3 is 19.5 Å². The molecule has 0 unspecified atom stereocenters. The molecule has 0 radical (unpaired) electrons. The molecule has 0 aliphatic rings. The Morgan fingerprint density at radius 3 is 1.65 bits per heavy atom. The largest absolute Gasteiger partial charge is 0.488 e. The summed E-state index contributed by atoms with van der Waals surface area (Å²) in [4.78, 5) is 21.7. The van der Waals surface area contributed by atoms with Gasteiger partial charge in [-0.15, -0.1) is 0 Å². The molecule has 0 aromatic heterocycles. The number of hydrogen-bond acceptors (Lipinski definition) is 6. The Labute approximate surface area is 155 Å². The van der Waals surface area contributed by atoms with Crippen LogP contribution in [0.4, 0.5) is 0 Å². The van der Waals surface area contributed by atoms with Gasteiger partial charge in [0.05, 0.1) is 0 Å². The summed E-state index contributed by atoms with van der Waals surface area (Å²) in [6, 6.07) is 6.87. The summed E-state index contributed by atoms with van der Waals surface area (Å²) >= 11 is 0. The van der Waals surface area contributed by atoms with E-state index in [1.54, 1.807) is 44.2 Å². The molecule has 0 saturated carbocycles. The fourth-order valence-electron chi connectivity index (χ4n) is 1.32. The van der Waals surface area contributed by atoms with Crippen molar-refractivity contribution in [1.82, 2.24) is 0 Å². The van der Waals surface area contributed by atoms with Gasteiger partial charge in [-0.3, -0.25) is 0 Å². The highest BCUT2D eigenvalue weighted by molar-refractivity contribution is 6.58. The topological polar surface area (TPSA) is 93.1 Å². The molecule has 1 aromatic rings. The standard InChI is InChI=1S/C10H14O4.C8H9BO2.CH4/c1-7(2)9(11)13-5-6-14-10(12)8(3)4;1-2-7-3-5-8(6-4-7)9(10)11;/h1,3,5-6H2,2,4H3;2-6,10-11H,1H2;1H4. The minimum atomic E-state index is -1.38. The molecule has 1 aromatic carbocycles. The van der Waals surface area contributed by atoms with Crippen LogP contribution in [0.1, 0.15) is 26.8 Å². The second-order valence-electron chi connectivity index (χ2n) is 5.08. The van der Waals surface area contributed by atoms with Crippen molar-refractivity contribution in [3.05, 3.63) is 60.7 Å². The number of carbonyl (C=O) groups is 2. The van der Waals surface area contributed by atoms with E-state index in [-0.39, 0.29) is 20.6 Å². The maximum Gasteiger partial charge on any atom is 0.488 e. The van der Waals surface area contributed by atoms with Crippen LogP contribution in [0.15, 0.2) is 55.1 Å². The predicted molar refractivity (Wildman–Crippen MR) is 105 cm³/mol. The molecule has 26 heavy (non-hydrogen) atoms. The van der Waals surface area contributed by atoms with Gasteiger partial charge in [0.25, 0.3) is 0 Å². The summed E-state index contributed by atoms with van der Waals surface area (Å²) < 4.78 is 9.38. The minimum absolute atomic E-state index is 0. The summed E-state index contributed by atoms with van der Waals surface area (Å²) in [5, 5.41) is 17.4. The van der Waals surface area contributed by atoms with E-state index in [1.807, 2.05) is 0 Å². The quantitative estimate of drug-likeness (QED) is 0.333. The van der Waals surface area contributed by atoms with Crippen LogP contribution < -0.4 is 5.46 Å². The second-order valence-corrected chi connectivity index (χ2v) is 5.08. The number of esters is 2. The molecule has 2 N–H and O–H groups in total. The maximum absolute atomic E-state index is 10.8. The molecule has 0 bridgehead atoms. The van der Waals surface area contributed by atoms with Crippen molar-refractivity contribution in [1.29, 1.82) is 0 Å². The van der Waals surface area contributed by atoms with E-state index in [1.165, 1.54) is 0 Å². The van der Waals surface area contributed by atoms with Crippen molar-refractivity contribution in [3.8, 4) is 0 Å². The lowest BCUT2D eigenvalue weighted by atomic mass is 9.80. The van der Waals surface area contributed by atoms with Gasteiger partial charge in [-0.05, 0) is 24.9 Å². The van der Waals surface area contributed by atoms with E-state index in [0.717, 1.165) is 5.56 Å². The summed E-state index contributed by atoms with van der Waals surface area (Å²) in [5.74, 6) is -0.979. The smallest absolute Gasteiger partial charge is 0.459 e. The van der Waals surface area contributed by atoms with E-state index in [0.29, 0.717) is 16.6 Å². The van der Waals surface area contributed by atoms with Crippen molar-refractivity contribution in [3.63, 3.8) is 0 Å². The lowest BCUT2D eigenvalue weighted by molar-refractivity contribution is -0.147. The molecule has 0 spiro atoms. The van der Waals surface area contributed by atoms with Gasteiger partial charge in [0.2, 0.25) is 0 Å². The summed E-state index contributed by atoms with van der Waals surface area (Å²) in [7, 11) is -1.38. The van der Waals surface area contributed by atoms with Crippen LogP contribution in [-0.4, -0.2) is 42.3 Å². The highest BCUT2D eigenvalue weighted by Gasteiger charge is 2.08. The zero-order valence-electron chi connectivity index (χ0n) is 14.5. The Bertz CT molecular complexity index is 591. The zero-order valence-corrected chi connectivity index (χ0v) is 14.5. The molecule has 142 valence electrons. The lowest BCUT2D eigenvalue weighted by Gasteiger charge is -2.05. The SMILES string of the molecule is C.C=C(C)C(=O)OCCOC(=O)C(=C)C.C=Cc1ccc(B(O)O)cc1. The van der Waals surface area contributed by atoms with Crippen LogP contribution in [0.2, 0.25) is 0 Å². The first-order valence-corrected chi connectivity index (χ1v) is 7.42. The highest BCUT2D eigenvalue weighted by atomic mass is 16.6. The summed E-state index contributed by atoms with van der Waals surface area (Å²) in [6.07, 6.45) is 1.70. The number of hydrogen-bond donors (Lipinski definition) is 2. The Morgan fingerprint density at radius 2 is 1.38 bits per heavy atom. The Hall–Kier alpha value is -2.64. The maximum atomic E-state index is 10.8. The molecule has 0 fully saturated rings. The first kappa shape index (κ1) is 25.6. The van der Waals surface area contributed by atoms with Gasteiger partial charge in [-0.2, -0.15) is 0 Å². The third-order valence-corrected chi connectivity index (χ3v) is 2.72. The van der Waals surface area contributed by atoms with Crippen LogP contribution in [0.5, 0.6) is 0 Å². The lowest BCUT2D eigenvalue weighted by Crippen LogP contribution is -2.29. The van der Waals surface area contributed by atoms with Gasteiger partial charge in [0.15, 0.2) is 0 Å². The van der Waals surface area contributed by atoms with Crippen LogP contribution >= 0.6 is 0 Å². The van der Waals surface area contributed by atoms with Crippen LogP contribution in [-0.2, 0) is 19.1 Å². The van der Waals surface area contributed by atoms with Crippen molar-refractivity contribution in [2.24, 2.45) is 0 Å². The average molecular weight is 362 g/mol. The van der Waals surface area contributed by atoms with Crippen LogP contribution in [0.3, 0.4) is 0 Å². The molecular weight excluding hydrogens is 335 g/mol. The first-order chi connectivity index (χ1) is 11.7. The Kier molecular flexibility index (Phi) is 13.4. The molecule has 1 rings (SSSR count). The molecule has 0 heterocycles. The van der Waals surface area contributed by atoms with Crippen molar-refractivity contribution in [2.75, 3.05) is 13.2 Å². The zero-order chi connectivity index (χ0) is 19.4. The summed E-state index contributed by atoms with van der Waals surface area (Å²) in [6.45, 7) is 13.5. The van der Waals surface area contributed by atoms with Gasteiger partial charge in [0.1, 0.15) is 13.2 Å². The monoisotopic (exact) mass is 362 g/mol. The predicted octanol–water partition coefficient (Wildman–Crippen LogP) is 1.87. The second kappa shape index (κ2) is 13.6. The van der Waals surface area contributed by atoms with Crippen molar-refractivity contribution < 1.29 is 29.1 Å². The van der Waals surface area contributed by atoms with Crippen LogP contribution in [0, 0.1) is 0 Å². The Balaban J connectivity index is 0. The average Bonchev–Trinajstić information content (AvgIpc) is 2.58. The Morgan fingerprint density at radius 1 is 1.00 bits per heavy atom. The summed E-state index contributed by atoms with van der Waals surface area (Å²) in [5.41, 5.74) is 2.09. The third-order valence-electron chi connectivity index (χ3n) is 2.72. The van der Waals surface area contributed by atoms with Gasteiger partial charge >= 0.3 is 19.1 Å². The van der Waals surface area contributed by atoms with E-state index in [4.69, 9.17) is 10.0 Å². The number of rotatable bonds is 7. The fourth-order valence-corrected chi connectivity index (χ4v) is 1.32. The number of carbonyl (C=O) groups excluding carboxylic acids is 2. The van der Waals surface area contributed by atoms with E-state index in [2.05, 4.69) is 29.2 Å². The molecule has 0 amide bonds. The highest BCUT2D eigenvalue weighted by Crippen LogP contribution is 1.97. The molecule has 7 heteroatoms. The fraction of sp³-hybridized carbons (Fsp3) is 0.263. The molecular formula is C19H27BO6. The normalized spacial score (nSPS) is 8.77. The molecule has 0 saturated heterocycles. The van der Waals surface area contributed by atoms with E-state index in [9.17, 15) is 9.59 Å². The van der Waals surface area contributed by atoms with Gasteiger partial charge in [0, 0.05) is 11.1 Å². The van der Waals surface area contributed by atoms with E-state index >= 15 is 0 Å². The van der Waals surface area contributed by atoms with Crippen LogP contribution in [0.25, 0.3) is 6.08 Å². The van der Waals surface area contributed by atoms with Crippen molar-refractivity contribution >= 4 is 30.6 Å². The molecule has 0 aliphatic carbocycles. The van der Waals surface area contributed by atoms with Crippen molar-refractivity contribution in [2.45, 2.75) is 21.3 Å². The number of benzene rings is 1. The van der Waals surface area contributed by atoms with E-state index < -0.39 is 19.1 Å². The van der Waals surface area contributed by atoms with Gasteiger partial charge in [-0.1, -0.05) is 57.5 Å². The number of ether oxygens (including phenoxy) is 2. The first-order valence-electron chi connectivity index (χ1n) is 7.42. The molecule has 0 aliphatic heterocycles. The molecule has 0 atom stereocenters. The molecule has 6 nitrogen and oxygen atoms in total. The minimum Gasteiger partial charge on any atom is -0.459 e. The van der Waals surface area contributed by atoms with Gasteiger partial charge in [-0.25, -0.2) is 9.59 Å².